The van der Waals surface area contributed by atoms with E-state index in [-0.39, 0.29) is 17.7 Å². The second-order valence-corrected chi connectivity index (χ2v) is 8.31. The fourth-order valence-corrected chi connectivity index (χ4v) is 3.02. The Labute approximate surface area is 187 Å². The molecule has 0 bridgehead atoms. The second kappa shape index (κ2) is 11.4. The molecule has 0 atom stereocenters. The number of likely N-dealkylation sites (tertiary alicyclic amines) is 1. The Morgan fingerprint density at radius 1 is 1.03 bits per heavy atom. The zero-order valence-electron chi connectivity index (χ0n) is 18.9. The van der Waals surface area contributed by atoms with Crippen LogP contribution in [0.2, 0.25) is 0 Å². The highest BCUT2D eigenvalue weighted by molar-refractivity contribution is 5.92. The molecule has 0 saturated carbocycles. The van der Waals surface area contributed by atoms with Crippen molar-refractivity contribution in [2.45, 2.75) is 52.2 Å². The van der Waals surface area contributed by atoms with E-state index in [2.05, 4.69) is 10.6 Å². The van der Waals surface area contributed by atoms with E-state index in [1.165, 1.54) is 24.3 Å². The third kappa shape index (κ3) is 8.44. The summed E-state index contributed by atoms with van der Waals surface area (Å²) in [6, 6.07) is 5.96. The molecular weight excluding hydrogens is 418 g/mol. The van der Waals surface area contributed by atoms with Crippen molar-refractivity contribution in [3.8, 4) is 0 Å². The van der Waals surface area contributed by atoms with E-state index >= 15 is 0 Å². The number of ether oxygens (including phenoxy) is 3. The average Bonchev–Trinajstić information content (AvgIpc) is 2.72. The number of nitrogens with zero attached hydrogens (tertiary/aromatic N) is 1. The van der Waals surface area contributed by atoms with E-state index in [4.69, 9.17) is 14.2 Å². The minimum absolute atomic E-state index is 0.0925. The highest BCUT2D eigenvalue weighted by atomic mass is 16.6. The molecule has 3 amide bonds. The second-order valence-electron chi connectivity index (χ2n) is 8.31. The van der Waals surface area contributed by atoms with Gasteiger partial charge in [-0.3, -0.25) is 10.1 Å². The number of hydrogen-bond donors (Lipinski definition) is 2. The first-order chi connectivity index (χ1) is 15.1. The molecule has 176 valence electrons. The zero-order chi connectivity index (χ0) is 23.7. The lowest BCUT2D eigenvalue weighted by Gasteiger charge is -2.31. The molecule has 1 saturated heterocycles. The molecule has 1 aliphatic rings. The van der Waals surface area contributed by atoms with Gasteiger partial charge >= 0.3 is 18.2 Å². The van der Waals surface area contributed by atoms with Gasteiger partial charge in [0.25, 0.3) is 5.91 Å². The minimum Gasteiger partial charge on any atom is -0.452 e. The van der Waals surface area contributed by atoms with Crippen LogP contribution in [0.15, 0.2) is 24.3 Å². The number of hydrogen-bond acceptors (Lipinski definition) is 7. The van der Waals surface area contributed by atoms with Gasteiger partial charge in [0.1, 0.15) is 5.60 Å². The van der Waals surface area contributed by atoms with E-state index in [1.807, 2.05) is 0 Å². The molecule has 1 fully saturated rings. The van der Waals surface area contributed by atoms with E-state index in [9.17, 15) is 19.2 Å². The lowest BCUT2D eigenvalue weighted by atomic mass is 10.1. The predicted molar refractivity (Wildman–Crippen MR) is 116 cm³/mol. The summed E-state index contributed by atoms with van der Waals surface area (Å²) in [6.07, 6.45) is 0.256. The number of benzene rings is 1. The van der Waals surface area contributed by atoms with Gasteiger partial charge in [0.2, 0.25) is 0 Å². The average molecular weight is 450 g/mol. The van der Waals surface area contributed by atoms with Crippen LogP contribution in [0.25, 0.3) is 0 Å². The number of anilines is 1. The van der Waals surface area contributed by atoms with Crippen molar-refractivity contribution >= 4 is 29.8 Å². The summed E-state index contributed by atoms with van der Waals surface area (Å²) in [5.74, 6) is -1.06. The van der Waals surface area contributed by atoms with E-state index in [0.29, 0.717) is 38.2 Å². The van der Waals surface area contributed by atoms with Gasteiger partial charge in [0.15, 0.2) is 6.61 Å². The van der Waals surface area contributed by atoms with Crippen molar-refractivity contribution in [1.29, 1.82) is 0 Å². The third-order valence-corrected chi connectivity index (χ3v) is 4.49. The molecule has 2 N–H and O–H groups in total. The van der Waals surface area contributed by atoms with Crippen molar-refractivity contribution in [2.75, 3.05) is 31.6 Å². The number of esters is 1. The first-order valence-electron chi connectivity index (χ1n) is 10.6. The van der Waals surface area contributed by atoms with Crippen LogP contribution in [0, 0.1) is 0 Å². The van der Waals surface area contributed by atoms with E-state index in [0.717, 1.165) is 0 Å². The number of carbonyl (C=O) groups excluding carboxylic acids is 4. The van der Waals surface area contributed by atoms with Crippen molar-refractivity contribution in [1.82, 2.24) is 10.2 Å². The van der Waals surface area contributed by atoms with Gasteiger partial charge < -0.3 is 24.4 Å². The summed E-state index contributed by atoms with van der Waals surface area (Å²) in [5.41, 5.74) is 0.0877. The Morgan fingerprint density at radius 3 is 2.22 bits per heavy atom. The zero-order valence-corrected chi connectivity index (χ0v) is 18.9. The maximum Gasteiger partial charge on any atom is 0.412 e. The summed E-state index contributed by atoms with van der Waals surface area (Å²) < 4.78 is 15.2. The number of piperidine rings is 1. The SMILES string of the molecule is CCOC(=O)N1CCC(NC(=O)COC(=O)c2ccc(NC(=O)OC(C)(C)C)cc2)CC1. The Kier molecular flexibility index (Phi) is 8.86. The highest BCUT2D eigenvalue weighted by Gasteiger charge is 2.25. The van der Waals surface area contributed by atoms with Crippen molar-refractivity contribution in [2.24, 2.45) is 0 Å². The molecule has 0 aliphatic carbocycles. The molecule has 10 nitrogen and oxygen atoms in total. The lowest BCUT2D eigenvalue weighted by molar-refractivity contribution is -0.125. The van der Waals surface area contributed by atoms with Crippen LogP contribution in [0.3, 0.4) is 0 Å². The molecule has 10 heteroatoms. The van der Waals surface area contributed by atoms with Gasteiger partial charge in [-0.05, 0) is 64.8 Å². The van der Waals surface area contributed by atoms with Gasteiger partial charge in [-0.15, -0.1) is 0 Å². The number of rotatable bonds is 6. The summed E-state index contributed by atoms with van der Waals surface area (Å²) in [6.45, 7) is 7.93. The number of carbonyl (C=O) groups is 4. The smallest absolute Gasteiger partial charge is 0.412 e. The molecule has 1 aromatic rings. The van der Waals surface area contributed by atoms with Crippen LogP contribution in [0.4, 0.5) is 15.3 Å². The van der Waals surface area contributed by atoms with Gasteiger partial charge in [-0.25, -0.2) is 14.4 Å². The molecule has 1 aliphatic heterocycles. The molecule has 0 unspecified atom stereocenters. The first kappa shape index (κ1) is 25.0. The van der Waals surface area contributed by atoms with Gasteiger partial charge in [0.05, 0.1) is 12.2 Å². The first-order valence-corrected chi connectivity index (χ1v) is 10.6. The van der Waals surface area contributed by atoms with E-state index in [1.54, 1.807) is 32.6 Å². The molecule has 0 aromatic heterocycles. The van der Waals surface area contributed by atoms with Crippen LogP contribution in [0.1, 0.15) is 50.9 Å². The molecular formula is C22H31N3O7. The standard InChI is InChI=1S/C22H31N3O7/c1-5-30-21(29)25-12-10-17(11-13-25)23-18(26)14-31-19(27)15-6-8-16(9-7-15)24-20(28)32-22(2,3)4/h6-9,17H,5,10-14H2,1-4H3,(H,23,26)(H,24,28). The normalized spacial score (nSPS) is 14.3. The molecule has 0 spiro atoms. The Morgan fingerprint density at radius 2 is 1.66 bits per heavy atom. The highest BCUT2D eigenvalue weighted by Crippen LogP contribution is 2.14. The minimum atomic E-state index is -0.652. The largest absolute Gasteiger partial charge is 0.452 e. The molecule has 1 aromatic carbocycles. The summed E-state index contributed by atoms with van der Waals surface area (Å²) in [7, 11) is 0. The monoisotopic (exact) mass is 449 g/mol. The van der Waals surface area contributed by atoms with Crippen molar-refractivity contribution in [3.05, 3.63) is 29.8 Å². The molecule has 2 rings (SSSR count). The molecule has 1 heterocycles. The van der Waals surface area contributed by atoms with Crippen LogP contribution < -0.4 is 10.6 Å². The van der Waals surface area contributed by atoms with Gasteiger partial charge in [-0.1, -0.05) is 0 Å². The molecule has 32 heavy (non-hydrogen) atoms. The Balaban J connectivity index is 1.72. The van der Waals surface area contributed by atoms with Crippen molar-refractivity contribution < 1.29 is 33.4 Å². The summed E-state index contributed by atoms with van der Waals surface area (Å²) in [5, 5.41) is 5.38. The van der Waals surface area contributed by atoms with Crippen LogP contribution >= 0.6 is 0 Å². The van der Waals surface area contributed by atoms with Crippen LogP contribution in [-0.4, -0.2) is 66.9 Å². The van der Waals surface area contributed by atoms with Gasteiger partial charge in [-0.2, -0.15) is 0 Å². The predicted octanol–water partition coefficient (Wildman–Crippen LogP) is 2.93. The number of amides is 3. The number of nitrogens with one attached hydrogen (secondary N) is 2. The van der Waals surface area contributed by atoms with E-state index < -0.39 is 30.2 Å². The quantitative estimate of drug-likeness (QED) is 0.505. The van der Waals surface area contributed by atoms with Gasteiger partial charge in [0, 0.05) is 24.8 Å². The topological polar surface area (TPSA) is 123 Å². The Hall–Kier alpha value is -3.30. The Bertz CT molecular complexity index is 810. The van der Waals surface area contributed by atoms with Crippen LogP contribution in [0.5, 0.6) is 0 Å². The maximum atomic E-state index is 12.2. The summed E-state index contributed by atoms with van der Waals surface area (Å²) in [4.78, 5) is 49.3. The fourth-order valence-electron chi connectivity index (χ4n) is 3.02. The maximum absolute atomic E-state index is 12.2. The third-order valence-electron chi connectivity index (χ3n) is 4.49. The molecule has 0 radical (unpaired) electrons. The fraction of sp³-hybridized carbons (Fsp3) is 0.545. The van der Waals surface area contributed by atoms with Crippen LogP contribution in [-0.2, 0) is 19.0 Å². The lowest BCUT2D eigenvalue weighted by Crippen LogP contribution is -2.47. The van der Waals surface area contributed by atoms with Crippen molar-refractivity contribution in [3.63, 3.8) is 0 Å². The summed E-state index contributed by atoms with van der Waals surface area (Å²) >= 11 is 0.